The first-order valence-corrected chi connectivity index (χ1v) is 7.37. The highest BCUT2D eigenvalue weighted by Gasteiger charge is 2.15. The van der Waals surface area contributed by atoms with Crippen molar-refractivity contribution in [1.29, 1.82) is 0 Å². The molecule has 0 radical (unpaired) electrons. The highest BCUT2D eigenvalue weighted by molar-refractivity contribution is 9.11. The van der Waals surface area contributed by atoms with E-state index in [0.717, 1.165) is 10.5 Å². The van der Waals surface area contributed by atoms with Crippen LogP contribution in [0.3, 0.4) is 0 Å². The van der Waals surface area contributed by atoms with E-state index in [1.54, 1.807) is 12.1 Å². The third-order valence-corrected chi connectivity index (χ3v) is 3.99. The number of nitrogens with one attached hydrogen (secondary N) is 1. The van der Waals surface area contributed by atoms with Crippen LogP contribution in [0.25, 0.3) is 0 Å². The van der Waals surface area contributed by atoms with Crippen molar-refractivity contribution < 1.29 is 19.7 Å². The van der Waals surface area contributed by atoms with Gasteiger partial charge in [-0.2, -0.15) is 0 Å². The van der Waals surface area contributed by atoms with Gasteiger partial charge in [0.15, 0.2) is 0 Å². The van der Waals surface area contributed by atoms with E-state index < -0.39 is 5.91 Å². The molecule has 1 amide bonds. The molecule has 0 atom stereocenters. The fraction of sp³-hybridized carbons (Fsp3) is 0.0714. The van der Waals surface area contributed by atoms with Gasteiger partial charge in [0.25, 0.3) is 5.91 Å². The summed E-state index contributed by atoms with van der Waals surface area (Å²) in [6.45, 7) is 0. The van der Waals surface area contributed by atoms with Crippen molar-refractivity contribution in [3.8, 4) is 17.2 Å². The normalized spacial score (nSPS) is 10.2. The zero-order chi connectivity index (χ0) is 15.6. The van der Waals surface area contributed by atoms with Crippen LogP contribution in [0.4, 0.5) is 5.69 Å². The summed E-state index contributed by atoms with van der Waals surface area (Å²) in [4.78, 5) is 12.2. The molecule has 3 N–H and O–H groups in total. The molecule has 5 nitrogen and oxygen atoms in total. The lowest BCUT2D eigenvalue weighted by molar-refractivity contribution is 0.102. The average Bonchev–Trinajstić information content (AvgIpc) is 2.41. The van der Waals surface area contributed by atoms with Crippen molar-refractivity contribution in [1.82, 2.24) is 0 Å². The number of methoxy groups -OCH3 is 1. The number of aromatic hydroxyl groups is 2. The molecule has 0 fully saturated rings. The Balaban J connectivity index is 2.31. The number of anilines is 1. The summed E-state index contributed by atoms with van der Waals surface area (Å²) in [6, 6.07) is 7.15. The van der Waals surface area contributed by atoms with Gasteiger partial charge < -0.3 is 20.3 Å². The number of hydrogen-bond acceptors (Lipinski definition) is 4. The Morgan fingerprint density at radius 3 is 2.48 bits per heavy atom. The molecule has 0 spiro atoms. The average molecular weight is 417 g/mol. The van der Waals surface area contributed by atoms with E-state index in [9.17, 15) is 15.0 Å². The first-order valence-electron chi connectivity index (χ1n) is 5.78. The van der Waals surface area contributed by atoms with Crippen molar-refractivity contribution in [2.45, 2.75) is 0 Å². The first-order chi connectivity index (χ1) is 9.92. The van der Waals surface area contributed by atoms with Gasteiger partial charge in [0.2, 0.25) is 0 Å². The van der Waals surface area contributed by atoms with Crippen LogP contribution in [0.2, 0.25) is 0 Å². The Bertz CT molecular complexity index is 704. The summed E-state index contributed by atoms with van der Waals surface area (Å²) in [5.74, 6) is -0.357. The summed E-state index contributed by atoms with van der Waals surface area (Å²) in [5, 5.41) is 21.6. The Labute approximate surface area is 137 Å². The van der Waals surface area contributed by atoms with Crippen LogP contribution >= 0.6 is 31.9 Å². The van der Waals surface area contributed by atoms with Crippen LogP contribution in [0.1, 0.15) is 10.4 Å². The zero-order valence-electron chi connectivity index (χ0n) is 10.9. The molecular formula is C14H11Br2NO4. The van der Waals surface area contributed by atoms with Crippen LogP contribution in [0.15, 0.2) is 39.3 Å². The van der Waals surface area contributed by atoms with Crippen LogP contribution in [-0.4, -0.2) is 23.2 Å². The second-order valence-corrected chi connectivity index (χ2v) is 5.83. The lowest BCUT2D eigenvalue weighted by Gasteiger charge is -2.11. The molecule has 0 saturated heterocycles. The maximum absolute atomic E-state index is 12.2. The summed E-state index contributed by atoms with van der Waals surface area (Å²) in [6.07, 6.45) is 0. The van der Waals surface area contributed by atoms with E-state index in [0.29, 0.717) is 15.9 Å². The fourth-order valence-corrected chi connectivity index (χ4v) is 2.94. The Morgan fingerprint density at radius 2 is 1.86 bits per heavy atom. The van der Waals surface area contributed by atoms with Crippen molar-refractivity contribution in [2.75, 3.05) is 12.4 Å². The molecule has 0 bridgehead atoms. The van der Waals surface area contributed by atoms with Gasteiger partial charge in [-0.1, -0.05) is 0 Å². The molecule has 110 valence electrons. The third kappa shape index (κ3) is 3.48. The number of halogens is 2. The van der Waals surface area contributed by atoms with E-state index in [1.807, 2.05) is 0 Å². The molecule has 0 saturated carbocycles. The predicted molar refractivity (Wildman–Crippen MR) is 86.1 cm³/mol. The Morgan fingerprint density at radius 1 is 1.14 bits per heavy atom. The first kappa shape index (κ1) is 15.7. The third-order valence-electron chi connectivity index (χ3n) is 2.72. The molecular weight excluding hydrogens is 406 g/mol. The van der Waals surface area contributed by atoms with Crippen molar-refractivity contribution >= 4 is 43.5 Å². The monoisotopic (exact) mass is 415 g/mol. The molecule has 2 rings (SSSR count). The summed E-state index contributed by atoms with van der Waals surface area (Å²) >= 11 is 6.68. The molecule has 2 aromatic carbocycles. The fourth-order valence-electron chi connectivity index (χ4n) is 1.68. The molecule has 0 aliphatic carbocycles. The number of hydrogen-bond donors (Lipinski definition) is 3. The standard InChI is InChI=1S/C14H11Br2NO4/c1-21-13-6-11(9(15)5-10(13)16)17-14(20)8-3-2-7(18)4-12(8)19/h2-6,18-19H,1H3,(H,17,20). The number of benzene rings is 2. The van der Waals surface area contributed by atoms with Crippen LogP contribution in [0.5, 0.6) is 17.2 Å². The maximum atomic E-state index is 12.2. The number of rotatable bonds is 3. The van der Waals surface area contributed by atoms with Gasteiger partial charge in [-0.15, -0.1) is 0 Å². The second kappa shape index (κ2) is 6.36. The minimum Gasteiger partial charge on any atom is -0.508 e. The number of amides is 1. The molecule has 2 aromatic rings. The highest BCUT2D eigenvalue weighted by atomic mass is 79.9. The number of phenols is 2. The number of carbonyl (C=O) groups excluding carboxylic acids is 1. The highest BCUT2D eigenvalue weighted by Crippen LogP contribution is 2.35. The topological polar surface area (TPSA) is 78.8 Å². The smallest absolute Gasteiger partial charge is 0.259 e. The van der Waals surface area contributed by atoms with Gasteiger partial charge in [0, 0.05) is 16.6 Å². The summed E-state index contributed by atoms with van der Waals surface area (Å²) < 4.78 is 6.56. The minimum atomic E-state index is -0.502. The molecule has 21 heavy (non-hydrogen) atoms. The maximum Gasteiger partial charge on any atom is 0.259 e. The second-order valence-electron chi connectivity index (χ2n) is 4.12. The Hall–Kier alpha value is -1.73. The lowest BCUT2D eigenvalue weighted by Crippen LogP contribution is -2.12. The molecule has 0 aliphatic rings. The van der Waals surface area contributed by atoms with Gasteiger partial charge in [0.1, 0.15) is 17.2 Å². The van der Waals surface area contributed by atoms with E-state index in [-0.39, 0.29) is 17.1 Å². The molecule has 7 heteroatoms. The Kier molecular flexibility index (Phi) is 4.74. The number of ether oxygens (including phenoxy) is 1. The lowest BCUT2D eigenvalue weighted by atomic mass is 10.1. The van der Waals surface area contributed by atoms with E-state index >= 15 is 0 Å². The van der Waals surface area contributed by atoms with E-state index in [1.165, 1.54) is 19.2 Å². The van der Waals surface area contributed by atoms with Gasteiger partial charge in [0.05, 0.1) is 22.8 Å². The van der Waals surface area contributed by atoms with Crippen molar-refractivity contribution in [3.63, 3.8) is 0 Å². The van der Waals surface area contributed by atoms with Crippen molar-refractivity contribution in [2.24, 2.45) is 0 Å². The molecule has 0 aliphatic heterocycles. The number of phenolic OH excluding ortho intramolecular Hbond substituents is 2. The zero-order valence-corrected chi connectivity index (χ0v) is 14.0. The quantitative estimate of drug-likeness (QED) is 0.709. The van der Waals surface area contributed by atoms with Crippen molar-refractivity contribution in [3.05, 3.63) is 44.8 Å². The van der Waals surface area contributed by atoms with Gasteiger partial charge in [-0.3, -0.25) is 4.79 Å². The number of carbonyl (C=O) groups is 1. The van der Waals surface area contributed by atoms with Crippen LogP contribution in [-0.2, 0) is 0 Å². The van der Waals surface area contributed by atoms with Gasteiger partial charge in [-0.25, -0.2) is 0 Å². The molecule has 0 unspecified atom stereocenters. The van der Waals surface area contributed by atoms with E-state index in [4.69, 9.17) is 4.74 Å². The largest absolute Gasteiger partial charge is 0.508 e. The van der Waals surface area contributed by atoms with Gasteiger partial charge in [-0.05, 0) is 50.1 Å². The molecule has 0 aromatic heterocycles. The van der Waals surface area contributed by atoms with Crippen LogP contribution < -0.4 is 10.1 Å². The molecule has 0 heterocycles. The van der Waals surface area contributed by atoms with Gasteiger partial charge >= 0.3 is 0 Å². The SMILES string of the molecule is COc1cc(NC(=O)c2ccc(O)cc2O)c(Br)cc1Br. The summed E-state index contributed by atoms with van der Waals surface area (Å²) in [7, 11) is 1.52. The predicted octanol–water partition coefficient (Wildman–Crippen LogP) is 3.88. The summed E-state index contributed by atoms with van der Waals surface area (Å²) in [5.41, 5.74) is 0.550. The van der Waals surface area contributed by atoms with Crippen LogP contribution in [0, 0.1) is 0 Å². The minimum absolute atomic E-state index is 0.0570. The van der Waals surface area contributed by atoms with E-state index in [2.05, 4.69) is 37.2 Å².